The normalized spacial score (nSPS) is 10.1. The van der Waals surface area contributed by atoms with Gasteiger partial charge in [0.05, 0.1) is 0 Å². The van der Waals surface area contributed by atoms with Gasteiger partial charge in [0.25, 0.3) is 5.91 Å². The fraction of sp³-hybridized carbons (Fsp3) is 0.188. The molecule has 0 aliphatic rings. The van der Waals surface area contributed by atoms with E-state index in [4.69, 9.17) is 0 Å². The molecule has 3 nitrogen and oxygen atoms in total. The van der Waals surface area contributed by atoms with Crippen molar-refractivity contribution in [2.75, 3.05) is 24.3 Å². The summed E-state index contributed by atoms with van der Waals surface area (Å²) in [5.74, 6) is -0.0871. The van der Waals surface area contributed by atoms with E-state index in [1.807, 2.05) is 74.4 Å². The molecule has 98 valence electrons. The second-order valence-electron chi connectivity index (χ2n) is 4.76. The summed E-state index contributed by atoms with van der Waals surface area (Å²) in [5.41, 5.74) is 3.67. The summed E-state index contributed by atoms with van der Waals surface area (Å²) in [7, 11) is 3.95. The number of carbonyl (C=O) groups excluding carboxylic acids is 1. The van der Waals surface area contributed by atoms with Gasteiger partial charge in [0.15, 0.2) is 0 Å². The molecule has 2 aromatic carbocycles. The average Bonchev–Trinajstić information content (AvgIpc) is 2.39. The van der Waals surface area contributed by atoms with E-state index in [-0.39, 0.29) is 5.91 Å². The van der Waals surface area contributed by atoms with Crippen molar-refractivity contribution in [3.8, 4) is 0 Å². The van der Waals surface area contributed by atoms with Crippen LogP contribution in [0.3, 0.4) is 0 Å². The van der Waals surface area contributed by atoms with Crippen molar-refractivity contribution in [2.24, 2.45) is 0 Å². The standard InChI is InChI=1S/C16H18N2O/c1-12-7-9-13(10-8-12)16(19)17-14-5-4-6-15(11-14)18(2)3/h4-11H,1-3H3,(H,17,19). The number of carbonyl (C=O) groups is 1. The first-order valence-electron chi connectivity index (χ1n) is 6.21. The number of nitrogens with zero attached hydrogens (tertiary/aromatic N) is 1. The van der Waals surface area contributed by atoms with Crippen LogP contribution in [0.1, 0.15) is 15.9 Å². The maximum Gasteiger partial charge on any atom is 0.255 e. The lowest BCUT2D eigenvalue weighted by molar-refractivity contribution is 0.102. The molecule has 0 heterocycles. The zero-order valence-electron chi connectivity index (χ0n) is 11.5. The molecule has 0 radical (unpaired) electrons. The van der Waals surface area contributed by atoms with Crippen LogP contribution < -0.4 is 10.2 Å². The molecule has 0 bridgehead atoms. The quantitative estimate of drug-likeness (QED) is 0.911. The molecule has 1 amide bonds. The summed E-state index contributed by atoms with van der Waals surface area (Å²) in [4.78, 5) is 14.1. The van der Waals surface area contributed by atoms with Crippen LogP contribution in [0.25, 0.3) is 0 Å². The summed E-state index contributed by atoms with van der Waals surface area (Å²) in [6, 6.07) is 15.3. The molecule has 19 heavy (non-hydrogen) atoms. The molecule has 2 rings (SSSR count). The third kappa shape index (κ3) is 3.35. The molecular formula is C16H18N2O. The Hall–Kier alpha value is -2.29. The van der Waals surface area contributed by atoms with Crippen LogP contribution in [0.4, 0.5) is 11.4 Å². The predicted octanol–water partition coefficient (Wildman–Crippen LogP) is 3.31. The van der Waals surface area contributed by atoms with Crippen molar-refractivity contribution in [1.29, 1.82) is 0 Å². The van der Waals surface area contributed by atoms with E-state index in [2.05, 4.69) is 5.32 Å². The van der Waals surface area contributed by atoms with E-state index in [1.54, 1.807) is 0 Å². The van der Waals surface area contributed by atoms with Gasteiger partial charge in [0, 0.05) is 31.0 Å². The Balaban J connectivity index is 2.14. The molecule has 0 unspecified atom stereocenters. The molecule has 0 spiro atoms. The molecule has 0 aliphatic heterocycles. The first-order chi connectivity index (χ1) is 9.06. The topological polar surface area (TPSA) is 32.3 Å². The van der Waals surface area contributed by atoms with Crippen molar-refractivity contribution in [3.05, 3.63) is 59.7 Å². The molecular weight excluding hydrogens is 236 g/mol. The molecule has 0 fully saturated rings. The molecule has 0 aliphatic carbocycles. The number of aryl methyl sites for hydroxylation is 1. The summed E-state index contributed by atoms with van der Waals surface area (Å²) in [6.45, 7) is 2.00. The second kappa shape index (κ2) is 5.57. The van der Waals surface area contributed by atoms with E-state index in [9.17, 15) is 4.79 Å². The largest absolute Gasteiger partial charge is 0.378 e. The number of amides is 1. The Labute approximate surface area is 113 Å². The van der Waals surface area contributed by atoms with Crippen LogP contribution in [0, 0.1) is 6.92 Å². The smallest absolute Gasteiger partial charge is 0.255 e. The minimum atomic E-state index is -0.0871. The minimum Gasteiger partial charge on any atom is -0.378 e. The molecule has 0 saturated carbocycles. The number of hydrogen-bond donors (Lipinski definition) is 1. The highest BCUT2D eigenvalue weighted by Crippen LogP contribution is 2.18. The third-order valence-electron chi connectivity index (χ3n) is 2.93. The van der Waals surface area contributed by atoms with Crippen LogP contribution in [-0.2, 0) is 0 Å². The zero-order chi connectivity index (χ0) is 13.8. The van der Waals surface area contributed by atoms with Crippen molar-refractivity contribution in [1.82, 2.24) is 0 Å². The first kappa shape index (κ1) is 13.1. The number of hydrogen-bond acceptors (Lipinski definition) is 2. The molecule has 0 saturated heterocycles. The van der Waals surface area contributed by atoms with Gasteiger partial charge in [-0.15, -0.1) is 0 Å². The second-order valence-corrected chi connectivity index (χ2v) is 4.76. The van der Waals surface area contributed by atoms with E-state index in [0.717, 1.165) is 16.9 Å². The van der Waals surface area contributed by atoms with Gasteiger partial charge in [-0.2, -0.15) is 0 Å². The van der Waals surface area contributed by atoms with Crippen molar-refractivity contribution in [3.63, 3.8) is 0 Å². The van der Waals surface area contributed by atoms with Gasteiger partial charge in [-0.3, -0.25) is 4.79 Å². The van der Waals surface area contributed by atoms with Crippen molar-refractivity contribution in [2.45, 2.75) is 6.92 Å². The maximum atomic E-state index is 12.1. The number of anilines is 2. The van der Waals surface area contributed by atoms with E-state index >= 15 is 0 Å². The third-order valence-corrected chi connectivity index (χ3v) is 2.93. The molecule has 1 N–H and O–H groups in total. The van der Waals surface area contributed by atoms with Crippen LogP contribution in [0.5, 0.6) is 0 Å². The lowest BCUT2D eigenvalue weighted by Crippen LogP contribution is -2.13. The lowest BCUT2D eigenvalue weighted by atomic mass is 10.1. The van der Waals surface area contributed by atoms with Gasteiger partial charge in [-0.25, -0.2) is 0 Å². The molecule has 2 aromatic rings. The molecule has 0 aromatic heterocycles. The van der Waals surface area contributed by atoms with Gasteiger partial charge in [-0.05, 0) is 37.3 Å². The van der Waals surface area contributed by atoms with Gasteiger partial charge >= 0.3 is 0 Å². The molecule has 0 atom stereocenters. The van der Waals surface area contributed by atoms with E-state index in [1.165, 1.54) is 0 Å². The number of rotatable bonds is 3. The maximum absolute atomic E-state index is 12.1. The summed E-state index contributed by atoms with van der Waals surface area (Å²) in [5, 5.41) is 2.91. The fourth-order valence-corrected chi connectivity index (χ4v) is 1.77. The summed E-state index contributed by atoms with van der Waals surface area (Å²) >= 11 is 0. The van der Waals surface area contributed by atoms with Gasteiger partial charge in [-0.1, -0.05) is 23.8 Å². The highest BCUT2D eigenvalue weighted by atomic mass is 16.1. The Morgan fingerprint density at radius 1 is 1.05 bits per heavy atom. The minimum absolute atomic E-state index is 0.0871. The average molecular weight is 254 g/mol. The predicted molar refractivity (Wildman–Crippen MR) is 79.9 cm³/mol. The number of benzene rings is 2. The molecule has 3 heteroatoms. The van der Waals surface area contributed by atoms with Crippen LogP contribution >= 0.6 is 0 Å². The zero-order valence-corrected chi connectivity index (χ0v) is 11.5. The Bertz CT molecular complexity index is 574. The van der Waals surface area contributed by atoms with Crippen LogP contribution in [0.2, 0.25) is 0 Å². The highest BCUT2D eigenvalue weighted by molar-refractivity contribution is 6.04. The number of nitrogens with one attached hydrogen (secondary N) is 1. The lowest BCUT2D eigenvalue weighted by Gasteiger charge is -2.14. The monoisotopic (exact) mass is 254 g/mol. The Morgan fingerprint density at radius 2 is 1.74 bits per heavy atom. The SMILES string of the molecule is Cc1ccc(C(=O)Nc2cccc(N(C)C)c2)cc1. The summed E-state index contributed by atoms with van der Waals surface area (Å²) < 4.78 is 0. The van der Waals surface area contributed by atoms with E-state index < -0.39 is 0 Å². The van der Waals surface area contributed by atoms with Gasteiger partial charge in [0.2, 0.25) is 0 Å². The van der Waals surface area contributed by atoms with Crippen molar-refractivity contribution >= 4 is 17.3 Å². The van der Waals surface area contributed by atoms with Crippen LogP contribution in [0.15, 0.2) is 48.5 Å². The Morgan fingerprint density at radius 3 is 2.37 bits per heavy atom. The first-order valence-corrected chi connectivity index (χ1v) is 6.21. The fourth-order valence-electron chi connectivity index (χ4n) is 1.77. The van der Waals surface area contributed by atoms with Crippen LogP contribution in [-0.4, -0.2) is 20.0 Å². The van der Waals surface area contributed by atoms with Gasteiger partial charge < -0.3 is 10.2 Å². The Kier molecular flexibility index (Phi) is 3.85. The summed E-state index contributed by atoms with van der Waals surface area (Å²) in [6.07, 6.45) is 0. The van der Waals surface area contributed by atoms with Gasteiger partial charge in [0.1, 0.15) is 0 Å². The van der Waals surface area contributed by atoms with E-state index in [0.29, 0.717) is 5.56 Å². The highest BCUT2D eigenvalue weighted by Gasteiger charge is 2.06. The van der Waals surface area contributed by atoms with Crippen molar-refractivity contribution < 1.29 is 4.79 Å².